The van der Waals surface area contributed by atoms with Crippen LogP contribution in [0.15, 0.2) is 24.3 Å². The molecule has 0 aliphatic heterocycles. The fraction of sp³-hybridized carbons (Fsp3) is 0.385. The van der Waals surface area contributed by atoms with E-state index in [0.717, 1.165) is 22.9 Å². The highest BCUT2D eigenvalue weighted by molar-refractivity contribution is 8.13. The van der Waals surface area contributed by atoms with Gasteiger partial charge in [0.25, 0.3) is 0 Å². The van der Waals surface area contributed by atoms with Crippen molar-refractivity contribution in [1.82, 2.24) is 0 Å². The second-order valence-corrected chi connectivity index (χ2v) is 5.64. The lowest BCUT2D eigenvalue weighted by molar-refractivity contribution is -0.147. The third-order valence-electron chi connectivity index (χ3n) is 3.18. The Bertz CT molecular complexity index is 442. The van der Waals surface area contributed by atoms with Gasteiger partial charge in [0, 0.05) is 12.7 Å². The second kappa shape index (κ2) is 4.53. The summed E-state index contributed by atoms with van der Waals surface area (Å²) in [7, 11) is 0. The minimum Gasteiger partial charge on any atom is -0.481 e. The van der Waals surface area contributed by atoms with Crippen LogP contribution >= 0.6 is 11.8 Å². The maximum absolute atomic E-state index is 11.5. The van der Waals surface area contributed by atoms with Crippen LogP contribution in [0.25, 0.3) is 0 Å². The molecule has 0 saturated carbocycles. The Morgan fingerprint density at radius 2 is 1.82 bits per heavy atom. The predicted molar refractivity (Wildman–Crippen MR) is 67.1 cm³/mol. The van der Waals surface area contributed by atoms with Crippen molar-refractivity contribution in [2.24, 2.45) is 5.41 Å². The molecule has 1 aliphatic rings. The molecule has 0 aromatic heterocycles. The Morgan fingerprint density at radius 1 is 1.29 bits per heavy atom. The third kappa shape index (κ3) is 2.36. The summed E-state index contributed by atoms with van der Waals surface area (Å²) in [6, 6.07) is 7.79. The number of hydrogen-bond donors (Lipinski definition) is 1. The largest absolute Gasteiger partial charge is 0.481 e. The molecule has 4 heteroatoms. The van der Waals surface area contributed by atoms with Crippen molar-refractivity contribution in [2.45, 2.75) is 19.8 Å². The van der Waals surface area contributed by atoms with E-state index in [9.17, 15) is 14.7 Å². The van der Waals surface area contributed by atoms with Crippen LogP contribution in [0.2, 0.25) is 0 Å². The predicted octanol–water partition coefficient (Wildman–Crippen LogP) is 2.14. The van der Waals surface area contributed by atoms with Crippen molar-refractivity contribution < 1.29 is 14.7 Å². The van der Waals surface area contributed by atoms with Gasteiger partial charge in [0.05, 0.1) is 5.41 Å². The van der Waals surface area contributed by atoms with Gasteiger partial charge in [0.2, 0.25) is 0 Å². The van der Waals surface area contributed by atoms with Crippen molar-refractivity contribution in [3.63, 3.8) is 0 Å². The molecule has 0 fully saturated rings. The molecule has 90 valence electrons. The van der Waals surface area contributed by atoms with Gasteiger partial charge < -0.3 is 5.11 Å². The van der Waals surface area contributed by atoms with Crippen molar-refractivity contribution >= 4 is 22.8 Å². The van der Waals surface area contributed by atoms with Crippen LogP contribution in [-0.4, -0.2) is 21.9 Å². The number of fused-ring (bicyclic) bond motifs is 1. The molecule has 0 amide bonds. The highest BCUT2D eigenvalue weighted by Crippen LogP contribution is 2.39. The Hall–Kier alpha value is -1.29. The van der Waals surface area contributed by atoms with E-state index in [4.69, 9.17) is 0 Å². The molecule has 0 spiro atoms. The summed E-state index contributed by atoms with van der Waals surface area (Å²) in [5.41, 5.74) is 1.39. The molecule has 1 aromatic rings. The van der Waals surface area contributed by atoms with Crippen molar-refractivity contribution in [1.29, 1.82) is 0 Å². The minimum absolute atomic E-state index is 0.0263. The van der Waals surface area contributed by atoms with Gasteiger partial charge in [0.1, 0.15) is 0 Å². The maximum Gasteiger partial charge on any atom is 0.311 e. The van der Waals surface area contributed by atoms with E-state index in [0.29, 0.717) is 18.6 Å². The third-order valence-corrected chi connectivity index (χ3v) is 4.28. The zero-order valence-corrected chi connectivity index (χ0v) is 10.4. The van der Waals surface area contributed by atoms with Gasteiger partial charge in [-0.05, 0) is 24.0 Å². The molecular formula is C13H14O3S. The van der Waals surface area contributed by atoms with Crippen LogP contribution in [0.5, 0.6) is 0 Å². The summed E-state index contributed by atoms with van der Waals surface area (Å²) in [5.74, 6) is -0.450. The van der Waals surface area contributed by atoms with Crippen molar-refractivity contribution in [2.75, 3.05) is 5.75 Å². The summed E-state index contributed by atoms with van der Waals surface area (Å²) < 4.78 is 0. The topological polar surface area (TPSA) is 54.4 Å². The number of carbonyl (C=O) groups excluding carboxylic acids is 1. The number of aliphatic carboxylic acids is 1. The lowest BCUT2D eigenvalue weighted by Gasteiger charge is -2.22. The summed E-state index contributed by atoms with van der Waals surface area (Å²) in [5, 5.41) is 9.40. The molecular weight excluding hydrogens is 236 g/mol. The highest BCUT2D eigenvalue weighted by Gasteiger charge is 2.44. The van der Waals surface area contributed by atoms with Gasteiger partial charge in [0.15, 0.2) is 5.12 Å². The average molecular weight is 250 g/mol. The molecule has 1 N–H and O–H groups in total. The summed E-state index contributed by atoms with van der Waals surface area (Å²) in [6.07, 6.45) is 1.05. The van der Waals surface area contributed by atoms with E-state index in [-0.39, 0.29) is 5.12 Å². The van der Waals surface area contributed by atoms with E-state index >= 15 is 0 Å². The fourth-order valence-corrected chi connectivity index (χ4v) is 3.06. The zero-order chi connectivity index (χ0) is 12.5. The van der Waals surface area contributed by atoms with Crippen molar-refractivity contribution in [3.8, 4) is 0 Å². The maximum atomic E-state index is 11.5. The van der Waals surface area contributed by atoms with E-state index in [2.05, 4.69) is 0 Å². The van der Waals surface area contributed by atoms with E-state index in [1.54, 1.807) is 0 Å². The second-order valence-electron chi connectivity index (χ2n) is 4.49. The van der Waals surface area contributed by atoms with Gasteiger partial charge in [-0.2, -0.15) is 0 Å². The van der Waals surface area contributed by atoms with E-state index in [1.807, 2.05) is 24.3 Å². The lowest BCUT2D eigenvalue weighted by Crippen LogP contribution is -2.34. The zero-order valence-electron chi connectivity index (χ0n) is 9.60. The molecule has 3 nitrogen and oxygen atoms in total. The quantitative estimate of drug-likeness (QED) is 0.893. The van der Waals surface area contributed by atoms with E-state index in [1.165, 1.54) is 6.92 Å². The van der Waals surface area contributed by atoms with Crippen molar-refractivity contribution in [3.05, 3.63) is 35.4 Å². The molecule has 17 heavy (non-hydrogen) atoms. The molecule has 0 radical (unpaired) electrons. The number of thioether (sulfide) groups is 1. The van der Waals surface area contributed by atoms with Gasteiger partial charge in [-0.15, -0.1) is 0 Å². The van der Waals surface area contributed by atoms with Crippen LogP contribution in [0.4, 0.5) is 0 Å². The Kier molecular flexibility index (Phi) is 3.24. The van der Waals surface area contributed by atoms with Crippen LogP contribution in [-0.2, 0) is 22.4 Å². The lowest BCUT2D eigenvalue weighted by atomic mass is 9.87. The number of carbonyl (C=O) groups is 2. The summed E-state index contributed by atoms with van der Waals surface area (Å²) >= 11 is 1.11. The van der Waals surface area contributed by atoms with E-state index < -0.39 is 11.4 Å². The summed E-state index contributed by atoms with van der Waals surface area (Å²) in [6.45, 7) is 1.47. The van der Waals surface area contributed by atoms with Crippen LogP contribution in [0, 0.1) is 5.41 Å². The Labute approximate surface area is 104 Å². The number of benzene rings is 1. The number of hydrogen-bond acceptors (Lipinski definition) is 3. The molecule has 1 aliphatic carbocycles. The molecule has 0 saturated heterocycles. The first-order valence-electron chi connectivity index (χ1n) is 5.47. The highest BCUT2D eigenvalue weighted by atomic mass is 32.2. The molecule has 0 unspecified atom stereocenters. The van der Waals surface area contributed by atoms with Crippen LogP contribution < -0.4 is 0 Å². The van der Waals surface area contributed by atoms with Gasteiger partial charge in [-0.1, -0.05) is 36.0 Å². The minimum atomic E-state index is -0.806. The fourth-order valence-electron chi connectivity index (χ4n) is 2.25. The van der Waals surface area contributed by atoms with Gasteiger partial charge in [-0.3, -0.25) is 9.59 Å². The molecule has 0 bridgehead atoms. The monoisotopic (exact) mass is 250 g/mol. The Balaban J connectivity index is 2.23. The molecule has 2 rings (SSSR count). The summed E-state index contributed by atoms with van der Waals surface area (Å²) in [4.78, 5) is 22.5. The Morgan fingerprint density at radius 3 is 2.24 bits per heavy atom. The molecule has 1 aromatic carbocycles. The smallest absolute Gasteiger partial charge is 0.311 e. The SMILES string of the molecule is CC(=O)SCC1(C(=O)O)Cc2ccccc2C1. The first-order chi connectivity index (χ1) is 8.03. The molecule has 0 heterocycles. The normalized spacial score (nSPS) is 16.5. The average Bonchev–Trinajstić information content (AvgIpc) is 2.66. The van der Waals surface area contributed by atoms with Crippen LogP contribution in [0.3, 0.4) is 0 Å². The van der Waals surface area contributed by atoms with Crippen LogP contribution in [0.1, 0.15) is 18.1 Å². The number of carboxylic acids is 1. The van der Waals surface area contributed by atoms with Gasteiger partial charge in [-0.25, -0.2) is 0 Å². The standard InChI is InChI=1S/C13H14O3S/c1-9(14)17-8-13(12(15)16)6-10-4-2-3-5-11(10)7-13/h2-5H,6-8H2,1H3,(H,15,16). The first-order valence-corrected chi connectivity index (χ1v) is 6.46. The molecule has 0 atom stereocenters. The number of carboxylic acid groups (broad SMARTS) is 1. The number of rotatable bonds is 3. The van der Waals surface area contributed by atoms with Gasteiger partial charge >= 0.3 is 5.97 Å². The first kappa shape index (κ1) is 12.2.